The van der Waals surface area contributed by atoms with Gasteiger partial charge in [-0.05, 0) is 45.9 Å². The molecule has 0 saturated carbocycles. The summed E-state index contributed by atoms with van der Waals surface area (Å²) in [5.74, 6) is 0. The second-order valence-electron chi connectivity index (χ2n) is 6.37. The molecule has 0 aromatic rings. The van der Waals surface area contributed by atoms with Crippen molar-refractivity contribution >= 4 is 0 Å². The molecule has 0 aliphatic carbocycles. The molecule has 0 aromatic heterocycles. The van der Waals surface area contributed by atoms with Crippen LogP contribution in [-0.4, -0.2) is 66.6 Å². The van der Waals surface area contributed by atoms with Gasteiger partial charge in [0.1, 0.15) is 0 Å². The predicted molar refractivity (Wildman–Crippen MR) is 86.9 cm³/mol. The molecule has 114 valence electrons. The van der Waals surface area contributed by atoms with Crippen molar-refractivity contribution in [1.29, 1.82) is 0 Å². The summed E-state index contributed by atoms with van der Waals surface area (Å²) in [4.78, 5) is 7.51. The summed E-state index contributed by atoms with van der Waals surface area (Å²) < 4.78 is 0. The number of rotatable bonds is 5. The fourth-order valence-corrected chi connectivity index (χ4v) is 3.11. The van der Waals surface area contributed by atoms with E-state index in [1.165, 1.54) is 38.0 Å². The third-order valence-corrected chi connectivity index (χ3v) is 4.57. The minimum absolute atomic E-state index is 0.667. The standard InChI is InChI=1S/C17H31N3/c1-16(2)19-12-14-20(15-13-19)17(3)8-7-11-18-9-5-4-6-10-18/h7-8,16H,3-6,9-15H2,1-2H3/b8-7+. The van der Waals surface area contributed by atoms with Gasteiger partial charge in [-0.3, -0.25) is 9.80 Å². The summed E-state index contributed by atoms with van der Waals surface area (Å²) in [6, 6.07) is 0.667. The van der Waals surface area contributed by atoms with Crippen LogP contribution in [0, 0.1) is 0 Å². The molecule has 0 N–H and O–H groups in total. The zero-order valence-electron chi connectivity index (χ0n) is 13.4. The van der Waals surface area contributed by atoms with Crippen molar-refractivity contribution in [3.63, 3.8) is 0 Å². The Morgan fingerprint density at radius 1 is 1.00 bits per heavy atom. The smallest absolute Gasteiger partial charge is 0.0306 e. The molecule has 0 amide bonds. The molecule has 3 nitrogen and oxygen atoms in total. The Morgan fingerprint density at radius 3 is 2.25 bits per heavy atom. The molecule has 0 bridgehead atoms. The Kier molecular flexibility index (Phi) is 6.11. The molecule has 20 heavy (non-hydrogen) atoms. The van der Waals surface area contributed by atoms with E-state index >= 15 is 0 Å². The first-order chi connectivity index (χ1) is 9.66. The van der Waals surface area contributed by atoms with Gasteiger partial charge in [-0.15, -0.1) is 0 Å². The lowest BCUT2D eigenvalue weighted by Gasteiger charge is -2.38. The molecule has 0 aromatic carbocycles. The van der Waals surface area contributed by atoms with E-state index in [0.29, 0.717) is 6.04 Å². The summed E-state index contributed by atoms with van der Waals surface area (Å²) in [5, 5.41) is 0. The van der Waals surface area contributed by atoms with Crippen LogP contribution in [0.2, 0.25) is 0 Å². The third-order valence-electron chi connectivity index (χ3n) is 4.57. The average molecular weight is 277 g/mol. The first-order valence-corrected chi connectivity index (χ1v) is 8.23. The second-order valence-corrected chi connectivity index (χ2v) is 6.37. The van der Waals surface area contributed by atoms with E-state index in [-0.39, 0.29) is 0 Å². The molecular formula is C17H31N3. The maximum Gasteiger partial charge on any atom is 0.0306 e. The van der Waals surface area contributed by atoms with Crippen molar-refractivity contribution in [3.8, 4) is 0 Å². The van der Waals surface area contributed by atoms with Gasteiger partial charge in [0.15, 0.2) is 0 Å². The Balaban J connectivity index is 1.69. The Morgan fingerprint density at radius 2 is 1.65 bits per heavy atom. The van der Waals surface area contributed by atoms with E-state index in [9.17, 15) is 0 Å². The van der Waals surface area contributed by atoms with E-state index in [0.717, 1.165) is 32.7 Å². The average Bonchev–Trinajstić information content (AvgIpc) is 2.48. The number of piperazine rings is 1. The molecule has 2 fully saturated rings. The van der Waals surface area contributed by atoms with Crippen molar-refractivity contribution in [2.45, 2.75) is 39.2 Å². The summed E-state index contributed by atoms with van der Waals surface area (Å²) in [6.07, 6.45) is 8.66. The lowest BCUT2D eigenvalue weighted by Crippen LogP contribution is -2.48. The number of piperidine rings is 1. The first-order valence-electron chi connectivity index (χ1n) is 8.23. The van der Waals surface area contributed by atoms with E-state index in [2.05, 4.69) is 47.3 Å². The molecule has 0 radical (unpaired) electrons. The Labute approximate surface area is 124 Å². The largest absolute Gasteiger partial charge is 0.369 e. The molecule has 2 aliphatic heterocycles. The van der Waals surface area contributed by atoms with Crippen LogP contribution in [0.1, 0.15) is 33.1 Å². The lowest BCUT2D eigenvalue weighted by molar-refractivity contribution is 0.133. The van der Waals surface area contributed by atoms with Crippen LogP contribution in [0.3, 0.4) is 0 Å². The second kappa shape index (κ2) is 7.84. The molecule has 0 unspecified atom stereocenters. The van der Waals surface area contributed by atoms with E-state index in [4.69, 9.17) is 0 Å². The fraction of sp³-hybridized carbons (Fsp3) is 0.765. The SMILES string of the molecule is C=C(/C=C/CN1CCCCC1)N1CCN(C(C)C)CC1. The van der Waals surface area contributed by atoms with Crippen LogP contribution in [0.15, 0.2) is 24.4 Å². The first kappa shape index (κ1) is 15.6. The highest BCUT2D eigenvalue weighted by molar-refractivity contribution is 5.14. The highest BCUT2D eigenvalue weighted by atomic mass is 15.3. The van der Waals surface area contributed by atoms with E-state index in [1.807, 2.05) is 0 Å². The molecule has 2 rings (SSSR count). The van der Waals surface area contributed by atoms with Crippen LogP contribution >= 0.6 is 0 Å². The number of likely N-dealkylation sites (tertiary alicyclic amines) is 1. The third kappa shape index (κ3) is 4.64. The topological polar surface area (TPSA) is 9.72 Å². The Hall–Kier alpha value is -0.800. The number of nitrogens with zero attached hydrogens (tertiary/aromatic N) is 3. The van der Waals surface area contributed by atoms with Gasteiger partial charge in [0, 0.05) is 44.5 Å². The zero-order chi connectivity index (χ0) is 14.4. The van der Waals surface area contributed by atoms with Crippen LogP contribution in [0.25, 0.3) is 0 Å². The summed E-state index contributed by atoms with van der Waals surface area (Å²) in [6.45, 7) is 17.0. The van der Waals surface area contributed by atoms with Crippen molar-refractivity contribution in [3.05, 3.63) is 24.4 Å². The number of hydrogen-bond donors (Lipinski definition) is 0. The molecule has 0 spiro atoms. The van der Waals surface area contributed by atoms with Crippen LogP contribution < -0.4 is 0 Å². The molecule has 2 saturated heterocycles. The quantitative estimate of drug-likeness (QED) is 0.715. The van der Waals surface area contributed by atoms with Gasteiger partial charge in [0.05, 0.1) is 0 Å². The van der Waals surface area contributed by atoms with Crippen molar-refractivity contribution in [1.82, 2.24) is 14.7 Å². The van der Waals surface area contributed by atoms with Gasteiger partial charge in [0.25, 0.3) is 0 Å². The van der Waals surface area contributed by atoms with Crippen molar-refractivity contribution in [2.24, 2.45) is 0 Å². The van der Waals surface area contributed by atoms with Gasteiger partial charge in [0.2, 0.25) is 0 Å². The molecule has 0 atom stereocenters. The van der Waals surface area contributed by atoms with Crippen molar-refractivity contribution in [2.75, 3.05) is 45.8 Å². The Bertz CT molecular complexity index is 321. The predicted octanol–water partition coefficient (Wildman–Crippen LogP) is 2.57. The van der Waals surface area contributed by atoms with Gasteiger partial charge >= 0.3 is 0 Å². The monoisotopic (exact) mass is 277 g/mol. The van der Waals surface area contributed by atoms with Crippen LogP contribution in [0.4, 0.5) is 0 Å². The van der Waals surface area contributed by atoms with Gasteiger partial charge in [-0.1, -0.05) is 19.1 Å². The minimum atomic E-state index is 0.667. The van der Waals surface area contributed by atoms with E-state index < -0.39 is 0 Å². The maximum atomic E-state index is 4.23. The zero-order valence-corrected chi connectivity index (χ0v) is 13.4. The van der Waals surface area contributed by atoms with E-state index in [1.54, 1.807) is 0 Å². The van der Waals surface area contributed by atoms with Crippen LogP contribution in [0.5, 0.6) is 0 Å². The summed E-state index contributed by atoms with van der Waals surface area (Å²) in [5.41, 5.74) is 1.19. The molecule has 2 aliphatic rings. The van der Waals surface area contributed by atoms with Gasteiger partial charge in [-0.2, -0.15) is 0 Å². The summed E-state index contributed by atoms with van der Waals surface area (Å²) in [7, 11) is 0. The van der Waals surface area contributed by atoms with Crippen molar-refractivity contribution < 1.29 is 0 Å². The molecular weight excluding hydrogens is 246 g/mol. The van der Waals surface area contributed by atoms with Crippen LogP contribution in [-0.2, 0) is 0 Å². The molecule has 2 heterocycles. The number of allylic oxidation sites excluding steroid dienone is 1. The lowest BCUT2D eigenvalue weighted by atomic mass is 10.1. The highest BCUT2D eigenvalue weighted by Gasteiger charge is 2.18. The van der Waals surface area contributed by atoms with Gasteiger partial charge in [-0.25, -0.2) is 0 Å². The normalized spacial score (nSPS) is 22.9. The molecule has 3 heteroatoms. The minimum Gasteiger partial charge on any atom is -0.369 e. The fourth-order valence-electron chi connectivity index (χ4n) is 3.11. The number of hydrogen-bond acceptors (Lipinski definition) is 3. The van der Waals surface area contributed by atoms with Gasteiger partial charge < -0.3 is 4.90 Å². The maximum absolute atomic E-state index is 4.23. The summed E-state index contributed by atoms with van der Waals surface area (Å²) >= 11 is 0. The highest BCUT2D eigenvalue weighted by Crippen LogP contribution is 2.12.